The van der Waals surface area contributed by atoms with Crippen molar-refractivity contribution in [2.75, 3.05) is 20.3 Å². The van der Waals surface area contributed by atoms with E-state index in [1.54, 1.807) is 6.92 Å². The zero-order chi connectivity index (χ0) is 19.7. The van der Waals surface area contributed by atoms with Crippen LogP contribution < -0.4 is 5.48 Å². The molecule has 0 aromatic carbocycles. The second-order valence-electron chi connectivity index (χ2n) is 5.34. The fourth-order valence-electron chi connectivity index (χ4n) is 2.20. The van der Waals surface area contributed by atoms with E-state index in [1.165, 1.54) is 39.6 Å². The first-order valence-corrected chi connectivity index (χ1v) is 8.74. The minimum atomic E-state index is -1.01. The van der Waals surface area contributed by atoms with Gasteiger partial charge in [-0.1, -0.05) is 11.8 Å². The van der Waals surface area contributed by atoms with Crippen LogP contribution in [-0.2, 0) is 38.2 Å². The van der Waals surface area contributed by atoms with Gasteiger partial charge >= 0.3 is 17.9 Å². The summed E-state index contributed by atoms with van der Waals surface area (Å²) in [5.41, 5.74) is 2.15. The summed E-state index contributed by atoms with van der Waals surface area (Å²) >= 11 is 1.21. The predicted molar refractivity (Wildman–Crippen MR) is 92.1 cm³/mol. The molecule has 1 rings (SSSR count). The summed E-state index contributed by atoms with van der Waals surface area (Å²) in [6.45, 7) is 5.26. The number of esters is 3. The fraction of sp³-hybridized carbons (Fsp3) is 0.733. The average molecular weight is 392 g/mol. The van der Waals surface area contributed by atoms with Gasteiger partial charge in [0, 0.05) is 20.8 Å². The predicted octanol–water partition coefficient (Wildman–Crippen LogP) is 0.398. The summed E-state index contributed by atoms with van der Waals surface area (Å²) < 4.78 is 21.5. The number of carbonyl (C=O) groups excluding carboxylic acids is 3. The van der Waals surface area contributed by atoms with E-state index in [0.717, 1.165) is 0 Å². The van der Waals surface area contributed by atoms with E-state index < -0.39 is 41.7 Å². The highest BCUT2D eigenvalue weighted by atomic mass is 32.2. The molecule has 0 amide bonds. The van der Waals surface area contributed by atoms with Crippen LogP contribution in [0.4, 0.5) is 0 Å². The van der Waals surface area contributed by atoms with Gasteiger partial charge in [0.1, 0.15) is 18.1 Å². The number of rotatable bonds is 5. The SMILES string of the molecule is CONC1=NC[C@@H](OC(C)=O)[C@H](OC(C)=O)[C@@H](COC(C)=O)OC(C)S1. The Bertz CT molecular complexity index is 542. The fourth-order valence-corrected chi connectivity index (χ4v) is 2.99. The number of hydrogen-bond acceptors (Lipinski definition) is 11. The summed E-state index contributed by atoms with van der Waals surface area (Å²) in [5.74, 6) is -1.69. The Balaban J connectivity index is 3.17. The van der Waals surface area contributed by atoms with Crippen LogP contribution >= 0.6 is 11.8 Å². The minimum absolute atomic E-state index is 0.0110. The van der Waals surface area contributed by atoms with Crippen molar-refractivity contribution in [3.8, 4) is 0 Å². The molecule has 0 fully saturated rings. The lowest BCUT2D eigenvalue weighted by molar-refractivity contribution is -0.184. The smallest absolute Gasteiger partial charge is 0.303 e. The second kappa shape index (κ2) is 11.0. The number of hydrogen-bond donors (Lipinski definition) is 1. The standard InChI is InChI=1S/C15H24N2O8S/c1-8(18)22-7-13-14(24-10(3)20)12(23-9(2)19)6-16-15(17-21-5)26-11(4)25-13/h11-14H,6-7H2,1-5H3,(H,16,17)/t11?,12-,13-,14+/m1/s1. The van der Waals surface area contributed by atoms with Crippen LogP contribution in [0.5, 0.6) is 0 Å². The number of nitrogens with one attached hydrogen (secondary N) is 1. The third-order valence-corrected chi connectivity index (χ3v) is 3.93. The number of thioether (sulfide) groups is 1. The molecule has 1 aliphatic rings. The molecule has 26 heavy (non-hydrogen) atoms. The van der Waals surface area contributed by atoms with E-state index in [2.05, 4.69) is 10.5 Å². The Morgan fingerprint density at radius 3 is 2.38 bits per heavy atom. The monoisotopic (exact) mass is 392 g/mol. The van der Waals surface area contributed by atoms with Gasteiger partial charge < -0.3 is 18.9 Å². The van der Waals surface area contributed by atoms with E-state index in [1.807, 2.05) is 0 Å². The van der Waals surface area contributed by atoms with Crippen molar-refractivity contribution < 1.29 is 38.2 Å². The quantitative estimate of drug-likeness (QED) is 0.399. The van der Waals surface area contributed by atoms with Gasteiger partial charge in [-0.3, -0.25) is 24.2 Å². The molecule has 11 heteroatoms. The molecular weight excluding hydrogens is 368 g/mol. The zero-order valence-corrected chi connectivity index (χ0v) is 16.2. The van der Waals surface area contributed by atoms with Crippen molar-refractivity contribution in [3.63, 3.8) is 0 Å². The highest BCUT2D eigenvalue weighted by Gasteiger charge is 2.38. The number of aliphatic imine (C=N–C) groups is 1. The lowest BCUT2D eigenvalue weighted by Crippen LogP contribution is -2.48. The van der Waals surface area contributed by atoms with Crippen LogP contribution in [0.3, 0.4) is 0 Å². The molecule has 0 aliphatic carbocycles. The first-order chi connectivity index (χ1) is 12.2. The minimum Gasteiger partial charge on any atom is -0.463 e. The third-order valence-electron chi connectivity index (χ3n) is 3.05. The van der Waals surface area contributed by atoms with Crippen LogP contribution in [0.2, 0.25) is 0 Å². The molecule has 1 aliphatic heterocycles. The van der Waals surface area contributed by atoms with E-state index in [4.69, 9.17) is 23.8 Å². The molecule has 0 spiro atoms. The van der Waals surface area contributed by atoms with Crippen LogP contribution in [0.25, 0.3) is 0 Å². The lowest BCUT2D eigenvalue weighted by atomic mass is 10.1. The van der Waals surface area contributed by atoms with E-state index in [0.29, 0.717) is 5.17 Å². The maximum Gasteiger partial charge on any atom is 0.303 e. The summed E-state index contributed by atoms with van der Waals surface area (Å²) in [6.07, 6.45) is -2.80. The molecule has 0 aromatic heterocycles. The van der Waals surface area contributed by atoms with Gasteiger partial charge in [-0.05, 0) is 6.92 Å². The number of hydroxylamine groups is 1. The second-order valence-corrected chi connectivity index (χ2v) is 6.62. The van der Waals surface area contributed by atoms with E-state index >= 15 is 0 Å². The van der Waals surface area contributed by atoms with Gasteiger partial charge in [-0.15, -0.1) is 0 Å². The van der Waals surface area contributed by atoms with Crippen molar-refractivity contribution in [2.45, 2.75) is 51.4 Å². The topological polar surface area (TPSA) is 122 Å². The molecule has 1 heterocycles. The Morgan fingerprint density at radius 1 is 1.19 bits per heavy atom. The van der Waals surface area contributed by atoms with Gasteiger partial charge in [0.15, 0.2) is 17.4 Å². The van der Waals surface area contributed by atoms with Crippen molar-refractivity contribution in [2.24, 2.45) is 4.99 Å². The molecule has 0 bridgehead atoms. The molecule has 1 unspecified atom stereocenters. The number of amidine groups is 1. The Hall–Kier alpha value is -1.85. The van der Waals surface area contributed by atoms with Gasteiger partial charge in [0.25, 0.3) is 0 Å². The number of ether oxygens (including phenoxy) is 4. The molecule has 4 atom stereocenters. The van der Waals surface area contributed by atoms with Crippen molar-refractivity contribution in [1.29, 1.82) is 0 Å². The van der Waals surface area contributed by atoms with Crippen molar-refractivity contribution >= 4 is 34.8 Å². The molecular formula is C15H24N2O8S. The van der Waals surface area contributed by atoms with E-state index in [9.17, 15) is 14.4 Å². The Labute approximate surface area is 155 Å². The van der Waals surface area contributed by atoms with Crippen LogP contribution in [0.1, 0.15) is 27.7 Å². The van der Waals surface area contributed by atoms with Gasteiger partial charge in [0.05, 0.1) is 13.7 Å². The van der Waals surface area contributed by atoms with Crippen LogP contribution in [-0.4, -0.2) is 67.1 Å². The van der Waals surface area contributed by atoms with Gasteiger partial charge in [-0.2, -0.15) is 0 Å². The molecule has 148 valence electrons. The number of carbonyl (C=O) groups is 3. The molecule has 10 nitrogen and oxygen atoms in total. The summed E-state index contributed by atoms with van der Waals surface area (Å²) in [6, 6.07) is 0. The largest absolute Gasteiger partial charge is 0.463 e. The number of nitrogens with zero attached hydrogens (tertiary/aromatic N) is 1. The molecule has 0 saturated heterocycles. The highest BCUT2D eigenvalue weighted by Crippen LogP contribution is 2.23. The van der Waals surface area contributed by atoms with Gasteiger partial charge in [0.2, 0.25) is 0 Å². The van der Waals surface area contributed by atoms with Crippen molar-refractivity contribution in [3.05, 3.63) is 0 Å². The Kier molecular flexibility index (Phi) is 9.38. The molecule has 0 saturated carbocycles. The maximum atomic E-state index is 11.6. The first-order valence-electron chi connectivity index (χ1n) is 7.86. The van der Waals surface area contributed by atoms with Gasteiger partial charge in [-0.25, -0.2) is 5.48 Å². The van der Waals surface area contributed by atoms with Crippen LogP contribution in [0, 0.1) is 0 Å². The van der Waals surface area contributed by atoms with E-state index in [-0.39, 0.29) is 13.2 Å². The molecule has 0 radical (unpaired) electrons. The lowest BCUT2D eigenvalue weighted by Gasteiger charge is -2.31. The highest BCUT2D eigenvalue weighted by molar-refractivity contribution is 8.14. The maximum absolute atomic E-state index is 11.6. The zero-order valence-electron chi connectivity index (χ0n) is 15.3. The summed E-state index contributed by atoms with van der Waals surface area (Å²) in [7, 11) is 1.43. The molecule has 1 N–H and O–H groups in total. The third kappa shape index (κ3) is 8.02. The van der Waals surface area contributed by atoms with Crippen molar-refractivity contribution in [1.82, 2.24) is 5.48 Å². The molecule has 0 aromatic rings. The first kappa shape index (κ1) is 22.2. The Morgan fingerprint density at radius 2 is 1.85 bits per heavy atom. The normalized spacial score (nSPS) is 26.4. The average Bonchev–Trinajstić information content (AvgIpc) is 2.57. The summed E-state index contributed by atoms with van der Waals surface area (Å²) in [5, 5.41) is 0.395. The van der Waals surface area contributed by atoms with Crippen LogP contribution in [0.15, 0.2) is 4.99 Å². The summed E-state index contributed by atoms with van der Waals surface area (Å²) in [4.78, 5) is 43.4.